The molecule has 0 aliphatic carbocycles. The molecule has 194 valence electrons. The molecule has 1 aliphatic rings. The Hall–Kier alpha value is -2.95. The Kier molecular flexibility index (Phi) is 6.99. The van der Waals surface area contributed by atoms with Crippen molar-refractivity contribution in [1.82, 2.24) is 19.3 Å². The standard InChI is InChI=1S/C27H31BrN6O2S/c1-17-8-10-22(11-9-17)37(35,36)34-20(4)26(28)25-23(12-13-29-27(25)34)30-14-21-6-5-7-24(32-21)33-15-18(2)31-19(3)16-33/h5-13,18-19,31H,14-16H2,1-4H3,(H,29,30)/t18-,19+. The number of aryl methyl sites for hydroxylation is 1. The number of aromatic nitrogens is 3. The number of hydrogen-bond donors (Lipinski definition) is 2. The first kappa shape index (κ1) is 25.7. The molecule has 1 aromatic carbocycles. The minimum Gasteiger partial charge on any atom is -0.379 e. The van der Waals surface area contributed by atoms with Gasteiger partial charge in [0.2, 0.25) is 0 Å². The number of hydrogen-bond acceptors (Lipinski definition) is 7. The van der Waals surface area contributed by atoms with Gasteiger partial charge < -0.3 is 15.5 Å². The number of nitrogens with one attached hydrogen (secondary N) is 2. The van der Waals surface area contributed by atoms with E-state index in [-0.39, 0.29) is 4.90 Å². The van der Waals surface area contributed by atoms with Crippen LogP contribution in [0, 0.1) is 13.8 Å². The molecule has 37 heavy (non-hydrogen) atoms. The molecular weight excluding hydrogens is 552 g/mol. The molecule has 0 bridgehead atoms. The Balaban J connectivity index is 1.45. The molecule has 0 saturated carbocycles. The van der Waals surface area contributed by atoms with E-state index in [2.05, 4.69) is 56.4 Å². The van der Waals surface area contributed by atoms with Gasteiger partial charge in [-0.3, -0.25) is 0 Å². The van der Waals surface area contributed by atoms with Crippen molar-refractivity contribution in [2.75, 3.05) is 23.3 Å². The van der Waals surface area contributed by atoms with Crippen LogP contribution in [0.4, 0.5) is 11.5 Å². The molecule has 8 nitrogen and oxygen atoms in total. The second-order valence-electron chi connectivity index (χ2n) is 9.75. The first-order valence-electron chi connectivity index (χ1n) is 12.3. The lowest BCUT2D eigenvalue weighted by Crippen LogP contribution is -2.54. The topological polar surface area (TPSA) is 92.2 Å². The van der Waals surface area contributed by atoms with Gasteiger partial charge in [-0.1, -0.05) is 23.8 Å². The lowest BCUT2D eigenvalue weighted by atomic mass is 10.1. The molecule has 1 saturated heterocycles. The first-order valence-corrected chi connectivity index (χ1v) is 14.6. The molecule has 2 N–H and O–H groups in total. The Morgan fingerprint density at radius 3 is 2.46 bits per heavy atom. The van der Waals surface area contributed by atoms with Crippen molar-refractivity contribution in [2.45, 2.75) is 51.2 Å². The van der Waals surface area contributed by atoms with Gasteiger partial charge in [0.15, 0.2) is 5.65 Å². The average molecular weight is 584 g/mol. The van der Waals surface area contributed by atoms with Crippen LogP contribution in [-0.4, -0.2) is 47.5 Å². The maximum Gasteiger partial charge on any atom is 0.269 e. The minimum absolute atomic E-state index is 0.225. The normalized spacial score (nSPS) is 18.4. The molecule has 0 radical (unpaired) electrons. The van der Waals surface area contributed by atoms with E-state index in [1.165, 1.54) is 3.97 Å². The highest BCUT2D eigenvalue weighted by Gasteiger charge is 2.27. The zero-order valence-electron chi connectivity index (χ0n) is 21.4. The van der Waals surface area contributed by atoms with Crippen molar-refractivity contribution in [1.29, 1.82) is 0 Å². The maximum absolute atomic E-state index is 13.6. The maximum atomic E-state index is 13.6. The zero-order chi connectivity index (χ0) is 26.3. The number of halogens is 1. The number of rotatable bonds is 6. The zero-order valence-corrected chi connectivity index (χ0v) is 23.8. The molecular formula is C27H31BrN6O2S. The number of fused-ring (bicyclic) bond motifs is 1. The molecule has 5 rings (SSSR count). The summed E-state index contributed by atoms with van der Waals surface area (Å²) in [4.78, 5) is 11.9. The highest BCUT2D eigenvalue weighted by atomic mass is 79.9. The molecule has 0 amide bonds. The van der Waals surface area contributed by atoms with Gasteiger partial charge in [0.1, 0.15) is 5.82 Å². The SMILES string of the molecule is Cc1ccc(S(=O)(=O)n2c(C)c(Br)c3c(NCc4cccc(N5C[C@@H](C)N[C@@H](C)C5)n4)ccnc32)cc1. The van der Waals surface area contributed by atoms with Crippen molar-refractivity contribution in [3.63, 3.8) is 0 Å². The summed E-state index contributed by atoms with van der Waals surface area (Å²) in [5.74, 6) is 0.965. The summed E-state index contributed by atoms with van der Waals surface area (Å²) in [5, 5.41) is 7.73. The van der Waals surface area contributed by atoms with Gasteiger partial charge in [-0.05, 0) is 74.0 Å². The first-order chi connectivity index (χ1) is 17.6. The van der Waals surface area contributed by atoms with E-state index < -0.39 is 10.0 Å². The Bertz CT molecular complexity index is 1540. The predicted octanol–water partition coefficient (Wildman–Crippen LogP) is 4.85. The third-order valence-electron chi connectivity index (χ3n) is 6.66. The van der Waals surface area contributed by atoms with Gasteiger partial charge in [0, 0.05) is 42.8 Å². The van der Waals surface area contributed by atoms with Crippen molar-refractivity contribution >= 4 is 48.5 Å². The van der Waals surface area contributed by atoms with Crippen LogP contribution in [0.5, 0.6) is 0 Å². The van der Waals surface area contributed by atoms with Gasteiger partial charge >= 0.3 is 0 Å². The fourth-order valence-electron chi connectivity index (χ4n) is 4.95. The summed E-state index contributed by atoms with van der Waals surface area (Å²) in [5.41, 5.74) is 3.63. The molecule has 4 aromatic rings. The molecule has 1 fully saturated rings. The second-order valence-corrected chi connectivity index (χ2v) is 12.3. The Labute approximate surface area is 226 Å². The molecule has 0 spiro atoms. The summed E-state index contributed by atoms with van der Waals surface area (Å²) in [6.07, 6.45) is 1.63. The summed E-state index contributed by atoms with van der Waals surface area (Å²) >= 11 is 3.64. The van der Waals surface area contributed by atoms with Crippen LogP contribution < -0.4 is 15.5 Å². The largest absolute Gasteiger partial charge is 0.379 e. The number of piperazine rings is 1. The quantitative estimate of drug-likeness (QED) is 0.336. The van der Waals surface area contributed by atoms with Crippen LogP contribution in [-0.2, 0) is 16.6 Å². The van der Waals surface area contributed by atoms with Crippen LogP contribution in [0.1, 0.15) is 30.8 Å². The van der Waals surface area contributed by atoms with Crippen LogP contribution in [0.25, 0.3) is 11.0 Å². The number of anilines is 2. The number of nitrogens with zero attached hydrogens (tertiary/aromatic N) is 4. The minimum atomic E-state index is -3.83. The molecule has 2 atom stereocenters. The molecule has 0 unspecified atom stereocenters. The van der Waals surface area contributed by atoms with Gasteiger partial charge in [-0.2, -0.15) is 0 Å². The summed E-state index contributed by atoms with van der Waals surface area (Å²) in [6.45, 7) is 10.4. The van der Waals surface area contributed by atoms with Gasteiger partial charge in [-0.15, -0.1) is 0 Å². The fraction of sp³-hybridized carbons (Fsp3) is 0.333. The summed E-state index contributed by atoms with van der Waals surface area (Å²) in [6, 6.07) is 15.6. The van der Waals surface area contributed by atoms with E-state index in [0.717, 1.165) is 41.2 Å². The lowest BCUT2D eigenvalue weighted by molar-refractivity contribution is 0.405. The van der Waals surface area contributed by atoms with Crippen LogP contribution >= 0.6 is 15.9 Å². The summed E-state index contributed by atoms with van der Waals surface area (Å²) in [7, 11) is -3.83. The fourth-order valence-corrected chi connectivity index (χ4v) is 7.14. The molecule has 4 heterocycles. The highest BCUT2D eigenvalue weighted by Crippen LogP contribution is 2.37. The van der Waals surface area contributed by atoms with Crippen molar-refractivity contribution in [3.8, 4) is 0 Å². The monoisotopic (exact) mass is 582 g/mol. The van der Waals surface area contributed by atoms with Gasteiger partial charge in [-0.25, -0.2) is 22.4 Å². The van der Waals surface area contributed by atoms with Crippen LogP contribution in [0.15, 0.2) is 64.1 Å². The molecule has 1 aliphatic heterocycles. The molecule has 3 aromatic heterocycles. The van der Waals surface area contributed by atoms with E-state index in [1.807, 2.05) is 25.1 Å². The van der Waals surface area contributed by atoms with Gasteiger partial charge in [0.05, 0.1) is 27.0 Å². The number of pyridine rings is 2. The summed E-state index contributed by atoms with van der Waals surface area (Å²) < 4.78 is 29.2. The van der Waals surface area contributed by atoms with Crippen LogP contribution in [0.2, 0.25) is 0 Å². The highest BCUT2D eigenvalue weighted by molar-refractivity contribution is 9.10. The van der Waals surface area contributed by atoms with E-state index in [9.17, 15) is 8.42 Å². The molecule has 10 heteroatoms. The van der Waals surface area contributed by atoms with E-state index in [1.54, 1.807) is 37.4 Å². The third kappa shape index (κ3) is 4.97. The van der Waals surface area contributed by atoms with Gasteiger partial charge in [0.25, 0.3) is 10.0 Å². The van der Waals surface area contributed by atoms with E-state index in [4.69, 9.17) is 4.98 Å². The predicted molar refractivity (Wildman–Crippen MR) is 152 cm³/mol. The van der Waals surface area contributed by atoms with Crippen molar-refractivity contribution in [2.24, 2.45) is 0 Å². The smallest absolute Gasteiger partial charge is 0.269 e. The Morgan fingerprint density at radius 2 is 1.76 bits per heavy atom. The second kappa shape index (κ2) is 10.1. The average Bonchev–Trinajstić information content (AvgIpc) is 3.13. The van der Waals surface area contributed by atoms with E-state index >= 15 is 0 Å². The lowest BCUT2D eigenvalue weighted by Gasteiger charge is -2.37. The van der Waals surface area contributed by atoms with Crippen molar-refractivity contribution < 1.29 is 8.42 Å². The third-order valence-corrected chi connectivity index (χ3v) is 9.42. The van der Waals surface area contributed by atoms with E-state index in [0.29, 0.717) is 34.4 Å². The van der Waals surface area contributed by atoms with Crippen molar-refractivity contribution in [3.05, 3.63) is 76.2 Å². The number of benzene rings is 1. The Morgan fingerprint density at radius 1 is 1.05 bits per heavy atom. The van der Waals surface area contributed by atoms with Crippen LogP contribution in [0.3, 0.4) is 0 Å².